The smallest absolute Gasteiger partial charge is 0.0500 e. The van der Waals surface area contributed by atoms with Crippen LogP contribution in [0.5, 0.6) is 0 Å². The quantitative estimate of drug-likeness (QED) is 0.642. The summed E-state index contributed by atoms with van der Waals surface area (Å²) < 4.78 is 0. The molecule has 0 saturated carbocycles. The molecule has 2 aromatic carbocycles. The van der Waals surface area contributed by atoms with E-state index < -0.39 is 0 Å². The molecule has 0 radical (unpaired) electrons. The van der Waals surface area contributed by atoms with Crippen molar-refractivity contribution in [2.75, 3.05) is 0 Å². The maximum absolute atomic E-state index is 5.77. The van der Waals surface area contributed by atoms with Gasteiger partial charge in [-0.25, -0.2) is 0 Å². The molecule has 0 spiro atoms. The van der Waals surface area contributed by atoms with Gasteiger partial charge in [0.2, 0.25) is 0 Å². The Morgan fingerprint density at radius 3 is 2.30 bits per heavy atom. The summed E-state index contributed by atoms with van der Waals surface area (Å²) in [5.41, 5.74) is 9.50. The Kier molecular flexibility index (Phi) is 4.94. The van der Waals surface area contributed by atoms with Crippen molar-refractivity contribution in [2.24, 2.45) is 5.84 Å². The number of hydrazine groups is 1. The van der Waals surface area contributed by atoms with Crippen LogP contribution in [0.15, 0.2) is 42.5 Å². The van der Waals surface area contributed by atoms with Crippen molar-refractivity contribution in [2.45, 2.75) is 39.7 Å². The molecular weight excluding hydrogens is 244 g/mol. The van der Waals surface area contributed by atoms with Crippen molar-refractivity contribution in [3.63, 3.8) is 0 Å². The van der Waals surface area contributed by atoms with Gasteiger partial charge in [0, 0.05) is 6.04 Å². The Morgan fingerprint density at radius 1 is 1.00 bits per heavy atom. The molecule has 0 heterocycles. The van der Waals surface area contributed by atoms with Crippen molar-refractivity contribution >= 4 is 0 Å². The molecule has 2 nitrogen and oxygen atoms in total. The normalized spacial score (nSPS) is 12.4. The highest BCUT2D eigenvalue weighted by molar-refractivity contribution is 5.32. The third kappa shape index (κ3) is 3.69. The minimum absolute atomic E-state index is 0.155. The predicted octanol–water partition coefficient (Wildman–Crippen LogP) is 3.61. The fourth-order valence-electron chi connectivity index (χ4n) is 2.73. The molecule has 106 valence electrons. The summed E-state index contributed by atoms with van der Waals surface area (Å²) in [5.74, 6) is 5.77. The second-order valence-corrected chi connectivity index (χ2v) is 5.52. The van der Waals surface area contributed by atoms with E-state index in [1.807, 2.05) is 0 Å². The number of aryl methyl sites for hydroxylation is 3. The first-order chi connectivity index (χ1) is 9.62. The summed E-state index contributed by atoms with van der Waals surface area (Å²) >= 11 is 0. The number of nitrogens with two attached hydrogens (primary N) is 1. The molecule has 3 N–H and O–H groups in total. The molecule has 0 bridgehead atoms. The number of hydrogen-bond acceptors (Lipinski definition) is 2. The van der Waals surface area contributed by atoms with E-state index in [9.17, 15) is 0 Å². The van der Waals surface area contributed by atoms with Crippen LogP contribution in [0.2, 0.25) is 0 Å². The van der Waals surface area contributed by atoms with Gasteiger partial charge in [0.1, 0.15) is 0 Å². The van der Waals surface area contributed by atoms with Gasteiger partial charge in [-0.2, -0.15) is 0 Å². The average Bonchev–Trinajstić information content (AvgIpc) is 2.44. The van der Waals surface area contributed by atoms with Gasteiger partial charge >= 0.3 is 0 Å². The van der Waals surface area contributed by atoms with E-state index in [0.717, 1.165) is 12.8 Å². The molecule has 0 saturated heterocycles. The minimum atomic E-state index is 0.155. The Balaban J connectivity index is 2.23. The molecule has 0 aliphatic carbocycles. The maximum Gasteiger partial charge on any atom is 0.0500 e. The number of nitrogens with one attached hydrogen (secondary N) is 1. The lowest BCUT2D eigenvalue weighted by Crippen LogP contribution is -2.29. The lowest BCUT2D eigenvalue weighted by Gasteiger charge is -2.18. The summed E-state index contributed by atoms with van der Waals surface area (Å²) in [5, 5.41) is 0. The van der Waals surface area contributed by atoms with Gasteiger partial charge in [-0.05, 0) is 43.4 Å². The van der Waals surface area contributed by atoms with Gasteiger partial charge < -0.3 is 0 Å². The van der Waals surface area contributed by atoms with Gasteiger partial charge in [0.25, 0.3) is 0 Å². The molecular formula is C18H24N2. The average molecular weight is 268 g/mol. The van der Waals surface area contributed by atoms with E-state index >= 15 is 0 Å². The number of rotatable bonds is 5. The fraction of sp³-hybridized carbons (Fsp3) is 0.333. The van der Waals surface area contributed by atoms with Crippen LogP contribution >= 0.6 is 0 Å². The van der Waals surface area contributed by atoms with Gasteiger partial charge in [-0.15, -0.1) is 0 Å². The van der Waals surface area contributed by atoms with Crippen LogP contribution in [0.25, 0.3) is 0 Å². The summed E-state index contributed by atoms with van der Waals surface area (Å²) in [6, 6.07) is 15.5. The van der Waals surface area contributed by atoms with Crippen LogP contribution < -0.4 is 11.3 Å². The van der Waals surface area contributed by atoms with Crippen molar-refractivity contribution in [3.8, 4) is 0 Å². The Hall–Kier alpha value is -1.64. The van der Waals surface area contributed by atoms with Gasteiger partial charge in [-0.1, -0.05) is 60.5 Å². The molecule has 1 atom stereocenters. The van der Waals surface area contributed by atoms with Crippen LogP contribution in [0, 0.1) is 13.8 Å². The van der Waals surface area contributed by atoms with Gasteiger partial charge in [0.05, 0.1) is 0 Å². The van der Waals surface area contributed by atoms with Crippen LogP contribution in [0.1, 0.15) is 40.8 Å². The predicted molar refractivity (Wildman–Crippen MR) is 85.5 cm³/mol. The van der Waals surface area contributed by atoms with Gasteiger partial charge in [-0.3, -0.25) is 11.3 Å². The molecule has 0 amide bonds. The molecule has 1 unspecified atom stereocenters. The largest absolute Gasteiger partial charge is 0.271 e. The Labute approximate surface area is 122 Å². The highest BCUT2D eigenvalue weighted by Crippen LogP contribution is 2.20. The highest BCUT2D eigenvalue weighted by atomic mass is 15.2. The summed E-state index contributed by atoms with van der Waals surface area (Å²) in [6.45, 7) is 6.45. The Morgan fingerprint density at radius 2 is 1.70 bits per heavy atom. The van der Waals surface area contributed by atoms with E-state index in [0.29, 0.717) is 0 Å². The third-order valence-electron chi connectivity index (χ3n) is 3.68. The Bertz CT molecular complexity index is 555. The molecule has 2 heteroatoms. The van der Waals surface area contributed by atoms with Crippen molar-refractivity contribution < 1.29 is 0 Å². The molecule has 0 aromatic heterocycles. The van der Waals surface area contributed by atoms with Crippen molar-refractivity contribution in [1.29, 1.82) is 0 Å². The van der Waals surface area contributed by atoms with Crippen LogP contribution in [0.3, 0.4) is 0 Å². The van der Waals surface area contributed by atoms with Crippen molar-refractivity contribution in [3.05, 3.63) is 70.3 Å². The van der Waals surface area contributed by atoms with Crippen LogP contribution in [0.4, 0.5) is 0 Å². The topological polar surface area (TPSA) is 38.0 Å². The van der Waals surface area contributed by atoms with Crippen LogP contribution in [-0.4, -0.2) is 0 Å². The summed E-state index contributed by atoms with van der Waals surface area (Å²) in [6.07, 6.45) is 1.96. The van der Waals surface area contributed by atoms with E-state index in [4.69, 9.17) is 5.84 Å². The van der Waals surface area contributed by atoms with Gasteiger partial charge in [0.15, 0.2) is 0 Å². The number of hydrogen-bond donors (Lipinski definition) is 2. The second kappa shape index (κ2) is 6.69. The zero-order valence-corrected chi connectivity index (χ0v) is 12.6. The van der Waals surface area contributed by atoms with E-state index in [1.165, 1.54) is 27.8 Å². The minimum Gasteiger partial charge on any atom is -0.271 e. The van der Waals surface area contributed by atoms with Crippen molar-refractivity contribution in [1.82, 2.24) is 5.43 Å². The zero-order valence-electron chi connectivity index (χ0n) is 12.6. The first kappa shape index (κ1) is 14.8. The monoisotopic (exact) mass is 268 g/mol. The molecule has 2 aromatic rings. The van der Waals surface area contributed by atoms with Crippen LogP contribution in [-0.2, 0) is 12.8 Å². The lowest BCUT2D eigenvalue weighted by molar-refractivity contribution is 0.551. The fourth-order valence-corrected chi connectivity index (χ4v) is 2.73. The molecule has 0 aliphatic heterocycles. The first-order valence-electron chi connectivity index (χ1n) is 7.24. The summed E-state index contributed by atoms with van der Waals surface area (Å²) in [4.78, 5) is 0. The van der Waals surface area contributed by atoms with E-state index in [-0.39, 0.29) is 6.04 Å². The molecule has 20 heavy (non-hydrogen) atoms. The summed E-state index contributed by atoms with van der Waals surface area (Å²) in [7, 11) is 0. The zero-order chi connectivity index (χ0) is 14.5. The third-order valence-corrected chi connectivity index (χ3v) is 3.68. The first-order valence-corrected chi connectivity index (χ1v) is 7.24. The second-order valence-electron chi connectivity index (χ2n) is 5.52. The molecule has 0 fully saturated rings. The highest BCUT2D eigenvalue weighted by Gasteiger charge is 2.11. The molecule has 2 rings (SSSR count). The SMILES string of the molecule is CCc1cccc(C(Cc2cc(C)cc(C)c2)NN)c1. The standard InChI is InChI=1S/C18H24N2/c1-4-15-6-5-7-17(11-15)18(20-19)12-16-9-13(2)8-14(3)10-16/h5-11,18,20H,4,12,19H2,1-3H3. The number of benzene rings is 2. The van der Waals surface area contributed by atoms with E-state index in [2.05, 4.69) is 68.7 Å². The van der Waals surface area contributed by atoms with E-state index in [1.54, 1.807) is 0 Å². The maximum atomic E-state index is 5.77. The molecule has 0 aliphatic rings. The lowest BCUT2D eigenvalue weighted by atomic mass is 9.95.